The average Bonchev–Trinajstić information content (AvgIpc) is 4.05. The highest BCUT2D eigenvalue weighted by atomic mass is 19.3. The lowest BCUT2D eigenvalue weighted by atomic mass is 9.89. The molecule has 402 valence electrons. The second-order valence-corrected chi connectivity index (χ2v) is 20.9. The van der Waals surface area contributed by atoms with Gasteiger partial charge >= 0.3 is 6.55 Å². The molecule has 0 aliphatic carbocycles. The fourth-order valence-electron chi connectivity index (χ4n) is 11.7. The zero-order chi connectivity index (χ0) is 54.1. The standard InChI is InChI=1S/C60H65F3N8O6/c1-38-34-67(22-24-76-38)23-25-77-50-17-12-43(54(61)31-50)29-57(73)68-21-18-42-27-52(53(28-45(42)35-68)58(74)69-36-44-11-7-6-10-41(44)26-48(69)37-66-19-8-5-9-20-66)56-32-51(39(2)65(56)4)59(75)71(46-13-15-49(72)16-14-46)55-30-47(33-64)70(40(55)3)60(62)63/h6-7,10-17,27-28,30-32,38,48,60,72H,5,8-9,18-26,29,34-37H2,1-4H3/t38?,48-/m0/s1. The van der Waals surface area contributed by atoms with Crippen molar-refractivity contribution in [3.63, 3.8) is 0 Å². The Hall–Kier alpha value is -7.39. The van der Waals surface area contributed by atoms with Crippen LogP contribution in [0.4, 0.5) is 24.5 Å². The van der Waals surface area contributed by atoms with Gasteiger partial charge in [-0.1, -0.05) is 36.8 Å². The number of hydrogen-bond donors (Lipinski definition) is 1. The van der Waals surface area contributed by atoms with Gasteiger partial charge in [0, 0.05) is 98.9 Å². The van der Waals surface area contributed by atoms with E-state index in [4.69, 9.17) is 9.47 Å². The molecule has 4 aromatic carbocycles. The van der Waals surface area contributed by atoms with E-state index < -0.39 is 18.3 Å². The number of alkyl halides is 2. The topological polar surface area (TPSA) is 140 Å². The summed E-state index contributed by atoms with van der Waals surface area (Å²) in [6.07, 6.45) is 4.47. The molecule has 0 bridgehead atoms. The lowest BCUT2D eigenvalue weighted by molar-refractivity contribution is -0.131. The van der Waals surface area contributed by atoms with E-state index in [1.54, 1.807) is 30.0 Å². The van der Waals surface area contributed by atoms with Crippen LogP contribution in [0.25, 0.3) is 11.3 Å². The van der Waals surface area contributed by atoms with Gasteiger partial charge in [0.1, 0.15) is 35.7 Å². The number of fused-ring (bicyclic) bond motifs is 2. The maximum atomic E-state index is 15.8. The number of aromatic hydroxyl groups is 1. The number of rotatable bonds is 14. The van der Waals surface area contributed by atoms with Crippen molar-refractivity contribution in [2.45, 2.75) is 91.1 Å². The average molecular weight is 1050 g/mol. The Labute approximate surface area is 447 Å². The van der Waals surface area contributed by atoms with Crippen molar-refractivity contribution in [1.29, 1.82) is 5.26 Å². The highest BCUT2D eigenvalue weighted by Crippen LogP contribution is 2.40. The van der Waals surface area contributed by atoms with Gasteiger partial charge in [-0.25, -0.2) is 4.39 Å². The minimum absolute atomic E-state index is 0.0119. The zero-order valence-corrected chi connectivity index (χ0v) is 44.1. The Morgan fingerprint density at radius 1 is 0.857 bits per heavy atom. The van der Waals surface area contributed by atoms with Gasteiger partial charge in [-0.2, -0.15) is 14.0 Å². The Morgan fingerprint density at radius 2 is 1.62 bits per heavy atom. The molecule has 10 rings (SSSR count). The SMILES string of the molecule is Cc1c(C(=O)N(c2ccc(O)cc2)c2cc(C#N)n(C(F)F)c2C)cc(-c2cc3c(cc2C(=O)N2Cc4ccccc4C[C@H]2CN2CCCCC2)CN(C(=O)Cc2ccc(OCCN4CCOC(C)C4)cc2F)CC3)n1C. The van der Waals surface area contributed by atoms with Crippen LogP contribution in [-0.2, 0) is 48.9 Å². The Bertz CT molecular complexity index is 3230. The minimum atomic E-state index is -3.06. The van der Waals surface area contributed by atoms with Crippen LogP contribution in [0.5, 0.6) is 11.5 Å². The maximum absolute atomic E-state index is 15.8. The van der Waals surface area contributed by atoms with Crippen LogP contribution in [0.15, 0.2) is 91.0 Å². The predicted octanol–water partition coefficient (Wildman–Crippen LogP) is 9.48. The number of ether oxygens (including phenoxy) is 2. The first-order valence-corrected chi connectivity index (χ1v) is 26.6. The van der Waals surface area contributed by atoms with Gasteiger partial charge in [0.05, 0.1) is 30.4 Å². The summed E-state index contributed by atoms with van der Waals surface area (Å²) in [6, 6.07) is 27.2. The summed E-state index contributed by atoms with van der Waals surface area (Å²) < 4.78 is 58.6. The number of carbonyl (C=O) groups excluding carboxylic acids is 3. The van der Waals surface area contributed by atoms with E-state index in [1.807, 2.05) is 53.8 Å². The van der Waals surface area contributed by atoms with Crippen LogP contribution >= 0.6 is 0 Å². The number of phenolic OH excluding ortho intramolecular Hbond substituents is 1. The van der Waals surface area contributed by atoms with Crippen molar-refractivity contribution in [1.82, 2.24) is 28.7 Å². The minimum Gasteiger partial charge on any atom is -0.508 e. The molecule has 2 saturated heterocycles. The largest absolute Gasteiger partial charge is 0.508 e. The monoisotopic (exact) mass is 1050 g/mol. The second-order valence-electron chi connectivity index (χ2n) is 20.9. The van der Waals surface area contributed by atoms with Gasteiger partial charge in [-0.05, 0) is 142 Å². The first-order valence-electron chi connectivity index (χ1n) is 26.6. The van der Waals surface area contributed by atoms with E-state index in [9.17, 15) is 23.9 Å². The van der Waals surface area contributed by atoms with E-state index >= 15 is 14.0 Å². The van der Waals surface area contributed by atoms with Gasteiger partial charge in [-0.15, -0.1) is 0 Å². The molecule has 77 heavy (non-hydrogen) atoms. The van der Waals surface area contributed by atoms with Crippen LogP contribution in [0, 0.1) is 31.0 Å². The molecule has 17 heteroatoms. The van der Waals surface area contributed by atoms with E-state index in [-0.39, 0.29) is 76.6 Å². The van der Waals surface area contributed by atoms with Crippen LogP contribution in [-0.4, -0.2) is 123 Å². The molecule has 1 unspecified atom stereocenters. The Balaban J connectivity index is 0.993. The molecule has 6 heterocycles. The Kier molecular flexibility index (Phi) is 15.6. The van der Waals surface area contributed by atoms with Crippen LogP contribution < -0.4 is 9.64 Å². The van der Waals surface area contributed by atoms with Crippen molar-refractivity contribution in [3.05, 3.63) is 153 Å². The molecule has 4 aliphatic heterocycles. The number of morpholine rings is 1. The number of nitrogens with zero attached hydrogens (tertiary/aromatic N) is 8. The van der Waals surface area contributed by atoms with Gasteiger partial charge in [-0.3, -0.25) is 28.8 Å². The molecule has 0 saturated carbocycles. The summed E-state index contributed by atoms with van der Waals surface area (Å²) in [7, 11) is 1.81. The molecule has 2 atom stereocenters. The molecular formula is C60H65F3N8O6. The quantitative estimate of drug-likeness (QED) is 0.113. The number of aromatic nitrogens is 2. The third-order valence-corrected chi connectivity index (χ3v) is 16.0. The van der Waals surface area contributed by atoms with E-state index in [0.717, 1.165) is 55.7 Å². The van der Waals surface area contributed by atoms with Crippen molar-refractivity contribution < 1.29 is 42.1 Å². The lowest BCUT2D eigenvalue weighted by Gasteiger charge is -2.41. The zero-order valence-electron chi connectivity index (χ0n) is 44.1. The summed E-state index contributed by atoms with van der Waals surface area (Å²) >= 11 is 0. The predicted molar refractivity (Wildman–Crippen MR) is 286 cm³/mol. The van der Waals surface area contributed by atoms with Crippen molar-refractivity contribution >= 4 is 29.1 Å². The molecule has 2 aromatic heterocycles. The van der Waals surface area contributed by atoms with Crippen LogP contribution in [0.3, 0.4) is 0 Å². The van der Waals surface area contributed by atoms with E-state index in [2.05, 4.69) is 21.9 Å². The van der Waals surface area contributed by atoms with Gasteiger partial charge in [0.2, 0.25) is 5.91 Å². The normalized spacial score (nSPS) is 18.0. The number of amides is 3. The fourth-order valence-corrected chi connectivity index (χ4v) is 11.7. The first-order chi connectivity index (χ1) is 37.1. The van der Waals surface area contributed by atoms with E-state index in [0.29, 0.717) is 85.1 Å². The number of phenols is 1. The molecule has 4 aliphatic rings. The number of nitriles is 1. The number of halogens is 3. The van der Waals surface area contributed by atoms with Gasteiger partial charge < -0.3 is 33.8 Å². The molecule has 0 spiro atoms. The first kappa shape index (κ1) is 53.0. The number of likely N-dealkylation sites (tertiary alicyclic amines) is 1. The Morgan fingerprint density at radius 3 is 2.34 bits per heavy atom. The molecule has 6 aromatic rings. The number of benzene rings is 4. The number of carbonyl (C=O) groups is 3. The van der Waals surface area contributed by atoms with E-state index in [1.165, 1.54) is 60.2 Å². The summed E-state index contributed by atoms with van der Waals surface area (Å²) in [6.45, 7) is 9.08. The summed E-state index contributed by atoms with van der Waals surface area (Å²) in [5.41, 5.74) is 6.50. The number of piperidine rings is 1. The number of anilines is 2. The highest BCUT2D eigenvalue weighted by molar-refractivity contribution is 6.13. The fraction of sp³-hybridized carbons (Fsp3) is 0.400. The third kappa shape index (κ3) is 11.1. The van der Waals surface area contributed by atoms with Crippen molar-refractivity contribution in [2.24, 2.45) is 7.05 Å². The van der Waals surface area contributed by atoms with Crippen molar-refractivity contribution in [2.75, 3.05) is 63.9 Å². The molecule has 2 fully saturated rings. The molecule has 14 nitrogen and oxygen atoms in total. The maximum Gasteiger partial charge on any atom is 0.319 e. The van der Waals surface area contributed by atoms with Gasteiger partial charge in [0.15, 0.2) is 0 Å². The van der Waals surface area contributed by atoms with Crippen molar-refractivity contribution in [3.8, 4) is 28.8 Å². The molecular weight excluding hydrogens is 986 g/mol. The summed E-state index contributed by atoms with van der Waals surface area (Å²) in [4.78, 5) is 54.8. The smallest absolute Gasteiger partial charge is 0.319 e. The summed E-state index contributed by atoms with van der Waals surface area (Å²) in [5.74, 6) is -1.23. The summed E-state index contributed by atoms with van der Waals surface area (Å²) in [5, 5.41) is 20.1. The number of hydrogen-bond acceptors (Lipinski definition) is 9. The molecule has 1 N–H and O–H groups in total. The third-order valence-electron chi connectivity index (χ3n) is 16.0. The lowest BCUT2D eigenvalue weighted by Crippen LogP contribution is -2.51. The second kappa shape index (κ2) is 22.7. The highest BCUT2D eigenvalue weighted by Gasteiger charge is 2.36. The van der Waals surface area contributed by atoms with Crippen LogP contribution in [0.1, 0.15) is 98.4 Å². The van der Waals surface area contributed by atoms with Gasteiger partial charge in [0.25, 0.3) is 11.8 Å². The van der Waals surface area contributed by atoms with Crippen LogP contribution in [0.2, 0.25) is 0 Å². The molecule has 3 amide bonds. The molecule has 0 radical (unpaired) electrons.